The van der Waals surface area contributed by atoms with Crippen molar-refractivity contribution in [2.45, 2.75) is 38.6 Å². The van der Waals surface area contributed by atoms with Crippen LogP contribution in [0.2, 0.25) is 0 Å². The minimum Gasteiger partial charge on any atom is -0.481 e. The van der Waals surface area contributed by atoms with E-state index in [1.54, 1.807) is 7.05 Å². The van der Waals surface area contributed by atoms with E-state index in [1.807, 2.05) is 6.92 Å². The van der Waals surface area contributed by atoms with Gasteiger partial charge in [-0.15, -0.1) is 0 Å². The molecule has 0 fully saturated rings. The first-order chi connectivity index (χ1) is 6.93. The molecule has 0 aliphatic rings. The van der Waals surface area contributed by atoms with E-state index in [0.717, 1.165) is 12.8 Å². The first kappa shape index (κ1) is 13.9. The molecule has 0 aliphatic heterocycles. The summed E-state index contributed by atoms with van der Waals surface area (Å²) in [7, 11) is 1.62. The van der Waals surface area contributed by atoms with E-state index in [2.05, 4.69) is 0 Å². The Labute approximate surface area is 90.2 Å². The van der Waals surface area contributed by atoms with E-state index in [1.165, 1.54) is 4.90 Å². The van der Waals surface area contributed by atoms with E-state index < -0.39 is 5.97 Å². The van der Waals surface area contributed by atoms with Crippen molar-refractivity contribution in [3.8, 4) is 0 Å². The molecule has 15 heavy (non-hydrogen) atoms. The average molecular weight is 216 g/mol. The van der Waals surface area contributed by atoms with Crippen LogP contribution in [0.1, 0.15) is 32.6 Å². The van der Waals surface area contributed by atoms with Gasteiger partial charge in [-0.2, -0.15) is 0 Å². The molecule has 88 valence electrons. The van der Waals surface area contributed by atoms with E-state index in [0.29, 0.717) is 6.42 Å². The van der Waals surface area contributed by atoms with Crippen LogP contribution in [0.4, 0.5) is 0 Å². The quantitative estimate of drug-likeness (QED) is 0.646. The van der Waals surface area contributed by atoms with Gasteiger partial charge in [0.2, 0.25) is 5.91 Å². The fourth-order valence-corrected chi connectivity index (χ4v) is 1.15. The molecular formula is C10H20N2O3. The lowest BCUT2D eigenvalue weighted by Gasteiger charge is -2.16. The number of hydrogen-bond acceptors (Lipinski definition) is 3. The largest absolute Gasteiger partial charge is 0.481 e. The maximum Gasteiger partial charge on any atom is 0.305 e. The van der Waals surface area contributed by atoms with E-state index >= 15 is 0 Å². The Morgan fingerprint density at radius 1 is 1.40 bits per heavy atom. The molecule has 1 amide bonds. The molecule has 0 aromatic rings. The summed E-state index contributed by atoms with van der Waals surface area (Å²) in [5.41, 5.74) is 5.55. The van der Waals surface area contributed by atoms with Crippen LogP contribution in [0, 0.1) is 0 Å². The highest BCUT2D eigenvalue weighted by atomic mass is 16.4. The van der Waals surface area contributed by atoms with Gasteiger partial charge in [-0.25, -0.2) is 0 Å². The molecular weight excluding hydrogens is 196 g/mol. The molecule has 0 aromatic heterocycles. The van der Waals surface area contributed by atoms with Crippen molar-refractivity contribution >= 4 is 11.9 Å². The minimum absolute atomic E-state index is 0.00443. The van der Waals surface area contributed by atoms with Gasteiger partial charge >= 0.3 is 5.97 Å². The summed E-state index contributed by atoms with van der Waals surface area (Å²) in [6.07, 6.45) is 2.01. The third-order valence-electron chi connectivity index (χ3n) is 2.14. The fourth-order valence-electron chi connectivity index (χ4n) is 1.15. The lowest BCUT2D eigenvalue weighted by atomic mass is 10.1. The Kier molecular flexibility index (Phi) is 6.70. The smallest absolute Gasteiger partial charge is 0.305 e. The van der Waals surface area contributed by atoms with Gasteiger partial charge in [0.05, 0.1) is 6.42 Å². The second-order valence-corrected chi connectivity index (χ2v) is 3.83. The van der Waals surface area contributed by atoms with E-state index in [9.17, 15) is 9.59 Å². The Hall–Kier alpha value is -1.10. The third-order valence-corrected chi connectivity index (χ3v) is 2.14. The molecule has 0 radical (unpaired) electrons. The molecule has 0 heterocycles. The molecule has 0 aliphatic carbocycles. The number of amides is 1. The van der Waals surface area contributed by atoms with Gasteiger partial charge in [0.15, 0.2) is 0 Å². The molecule has 5 heteroatoms. The van der Waals surface area contributed by atoms with Crippen molar-refractivity contribution in [3.05, 3.63) is 0 Å². The van der Waals surface area contributed by atoms with Crippen molar-refractivity contribution in [1.82, 2.24) is 4.90 Å². The summed E-state index contributed by atoms with van der Waals surface area (Å²) < 4.78 is 0. The van der Waals surface area contributed by atoms with Crippen LogP contribution < -0.4 is 5.73 Å². The minimum atomic E-state index is -0.884. The van der Waals surface area contributed by atoms with Crippen LogP contribution in [-0.2, 0) is 9.59 Å². The number of carbonyl (C=O) groups is 2. The van der Waals surface area contributed by atoms with Gasteiger partial charge in [-0.3, -0.25) is 9.59 Å². The highest BCUT2D eigenvalue weighted by Crippen LogP contribution is 2.02. The second kappa shape index (κ2) is 7.23. The van der Waals surface area contributed by atoms with Crippen molar-refractivity contribution in [2.24, 2.45) is 5.73 Å². The van der Waals surface area contributed by atoms with Crippen LogP contribution in [0.3, 0.4) is 0 Å². The summed E-state index contributed by atoms with van der Waals surface area (Å²) in [4.78, 5) is 23.2. The zero-order valence-electron chi connectivity index (χ0n) is 9.40. The molecule has 0 bridgehead atoms. The van der Waals surface area contributed by atoms with Crippen molar-refractivity contribution in [2.75, 3.05) is 13.6 Å². The molecule has 5 nitrogen and oxygen atoms in total. The Morgan fingerprint density at radius 2 is 2.00 bits per heavy atom. The van der Waals surface area contributed by atoms with Gasteiger partial charge in [-0.05, 0) is 19.8 Å². The third kappa shape index (κ3) is 7.93. The highest BCUT2D eigenvalue weighted by Gasteiger charge is 2.09. The molecule has 0 aromatic carbocycles. The zero-order valence-corrected chi connectivity index (χ0v) is 9.40. The van der Waals surface area contributed by atoms with Crippen LogP contribution in [-0.4, -0.2) is 41.5 Å². The summed E-state index contributed by atoms with van der Waals surface area (Å²) in [5, 5.41) is 8.44. The number of hydrogen-bond donors (Lipinski definition) is 2. The van der Waals surface area contributed by atoms with Crippen molar-refractivity contribution in [1.29, 1.82) is 0 Å². The molecule has 0 rings (SSSR count). The molecule has 0 saturated carbocycles. The summed E-state index contributed by atoms with van der Waals surface area (Å²) in [6, 6.07) is 0.113. The van der Waals surface area contributed by atoms with Gasteiger partial charge in [-0.1, -0.05) is 0 Å². The maximum atomic E-state index is 11.4. The predicted molar refractivity (Wildman–Crippen MR) is 57.4 cm³/mol. The van der Waals surface area contributed by atoms with Crippen molar-refractivity contribution in [3.63, 3.8) is 0 Å². The first-order valence-electron chi connectivity index (χ1n) is 5.14. The van der Waals surface area contributed by atoms with Crippen LogP contribution in [0.25, 0.3) is 0 Å². The second-order valence-electron chi connectivity index (χ2n) is 3.83. The monoisotopic (exact) mass is 216 g/mol. The lowest BCUT2D eigenvalue weighted by molar-refractivity contribution is -0.138. The first-order valence-corrected chi connectivity index (χ1v) is 5.14. The van der Waals surface area contributed by atoms with Crippen LogP contribution in [0.15, 0.2) is 0 Å². The standard InChI is InChI=1S/C10H20N2O3/c1-8(11)4-3-5-9(13)12(2)7-6-10(14)15/h8H,3-7,11H2,1-2H3,(H,14,15). The predicted octanol–water partition coefficient (Wildman–Crippen LogP) is 0.437. The van der Waals surface area contributed by atoms with Gasteiger partial charge < -0.3 is 15.7 Å². The molecule has 1 atom stereocenters. The van der Waals surface area contributed by atoms with Gasteiger partial charge in [0.25, 0.3) is 0 Å². The average Bonchev–Trinajstić information content (AvgIpc) is 2.13. The number of aliphatic carboxylic acids is 1. The van der Waals surface area contributed by atoms with E-state index in [-0.39, 0.29) is 24.9 Å². The summed E-state index contributed by atoms with van der Waals surface area (Å²) >= 11 is 0. The topological polar surface area (TPSA) is 83.6 Å². The van der Waals surface area contributed by atoms with E-state index in [4.69, 9.17) is 10.8 Å². The number of nitrogens with zero attached hydrogens (tertiary/aromatic N) is 1. The Bertz CT molecular complexity index is 217. The molecule has 0 saturated heterocycles. The number of carboxylic acid groups (broad SMARTS) is 1. The number of carbonyl (C=O) groups excluding carboxylic acids is 1. The lowest BCUT2D eigenvalue weighted by Crippen LogP contribution is -2.29. The number of rotatable bonds is 7. The van der Waals surface area contributed by atoms with Crippen LogP contribution in [0.5, 0.6) is 0 Å². The normalized spacial score (nSPS) is 12.2. The summed E-state index contributed by atoms with van der Waals surface area (Å²) in [6.45, 7) is 2.17. The number of nitrogens with two attached hydrogens (primary N) is 1. The van der Waals surface area contributed by atoms with Crippen molar-refractivity contribution < 1.29 is 14.7 Å². The summed E-state index contributed by atoms with van der Waals surface area (Å²) in [5.74, 6) is -0.901. The maximum absolute atomic E-state index is 11.4. The Morgan fingerprint density at radius 3 is 2.47 bits per heavy atom. The Balaban J connectivity index is 3.64. The fraction of sp³-hybridized carbons (Fsp3) is 0.800. The highest BCUT2D eigenvalue weighted by molar-refractivity contribution is 5.76. The zero-order chi connectivity index (χ0) is 11.8. The van der Waals surface area contributed by atoms with Crippen LogP contribution >= 0.6 is 0 Å². The van der Waals surface area contributed by atoms with Gasteiger partial charge in [0, 0.05) is 26.1 Å². The molecule has 3 N–H and O–H groups in total. The number of carboxylic acids is 1. The van der Waals surface area contributed by atoms with Gasteiger partial charge in [0.1, 0.15) is 0 Å². The molecule has 1 unspecified atom stereocenters. The molecule has 0 spiro atoms. The SMILES string of the molecule is CC(N)CCCC(=O)N(C)CCC(=O)O.